The molecule has 1 aliphatic rings. The molecule has 4 heteroatoms. The molecule has 1 aromatic carbocycles. The molecular formula is C18H25NO3. The Morgan fingerprint density at radius 1 is 1.50 bits per heavy atom. The first-order valence-corrected chi connectivity index (χ1v) is 7.75. The van der Waals surface area contributed by atoms with Crippen LogP contribution in [0.3, 0.4) is 0 Å². The average molecular weight is 303 g/mol. The highest BCUT2D eigenvalue weighted by Crippen LogP contribution is 2.33. The van der Waals surface area contributed by atoms with Gasteiger partial charge in [-0.25, -0.2) is 0 Å². The number of aliphatic hydroxyl groups excluding tert-OH is 1. The van der Waals surface area contributed by atoms with Crippen LogP contribution in [-0.2, 0) is 11.2 Å². The number of para-hydroxylation sites is 1. The van der Waals surface area contributed by atoms with Gasteiger partial charge in [0.2, 0.25) is 5.91 Å². The van der Waals surface area contributed by atoms with Crippen LogP contribution in [0.15, 0.2) is 36.9 Å². The molecule has 1 saturated heterocycles. The van der Waals surface area contributed by atoms with Gasteiger partial charge in [-0.05, 0) is 25.3 Å². The van der Waals surface area contributed by atoms with Crippen molar-refractivity contribution in [2.24, 2.45) is 5.41 Å². The lowest BCUT2D eigenvalue weighted by atomic mass is 9.77. The van der Waals surface area contributed by atoms with Gasteiger partial charge in [0.15, 0.2) is 0 Å². The van der Waals surface area contributed by atoms with Gasteiger partial charge in [0.25, 0.3) is 0 Å². The summed E-state index contributed by atoms with van der Waals surface area (Å²) in [5.41, 5.74) is 0.676. The van der Waals surface area contributed by atoms with E-state index in [-0.39, 0.29) is 17.9 Å². The number of nitrogens with zero attached hydrogens (tertiary/aromatic N) is 1. The van der Waals surface area contributed by atoms with Gasteiger partial charge < -0.3 is 14.7 Å². The first-order valence-electron chi connectivity index (χ1n) is 7.75. The molecule has 0 spiro atoms. The molecule has 120 valence electrons. The van der Waals surface area contributed by atoms with E-state index in [0.29, 0.717) is 13.0 Å². The topological polar surface area (TPSA) is 49.8 Å². The minimum Gasteiger partial charge on any atom is -0.496 e. The van der Waals surface area contributed by atoms with Crippen LogP contribution in [0.4, 0.5) is 0 Å². The van der Waals surface area contributed by atoms with Gasteiger partial charge in [0.1, 0.15) is 5.75 Å². The predicted octanol–water partition coefficient (Wildman–Crippen LogP) is 2.41. The van der Waals surface area contributed by atoms with Crippen LogP contribution in [0.25, 0.3) is 0 Å². The third-order valence-electron chi connectivity index (χ3n) is 4.46. The van der Waals surface area contributed by atoms with Crippen molar-refractivity contribution in [2.45, 2.75) is 25.7 Å². The molecule has 1 atom stereocenters. The molecule has 0 unspecified atom stereocenters. The van der Waals surface area contributed by atoms with E-state index in [1.807, 2.05) is 35.2 Å². The first-order chi connectivity index (χ1) is 10.6. The number of carbonyl (C=O) groups is 1. The summed E-state index contributed by atoms with van der Waals surface area (Å²) in [7, 11) is 1.62. The molecule has 2 rings (SSSR count). The van der Waals surface area contributed by atoms with Gasteiger partial charge in [0, 0.05) is 24.1 Å². The van der Waals surface area contributed by atoms with Gasteiger partial charge in [-0.3, -0.25) is 4.79 Å². The van der Waals surface area contributed by atoms with Gasteiger partial charge >= 0.3 is 0 Å². The third-order valence-corrected chi connectivity index (χ3v) is 4.46. The van der Waals surface area contributed by atoms with E-state index in [4.69, 9.17) is 4.74 Å². The number of benzene rings is 1. The van der Waals surface area contributed by atoms with Crippen molar-refractivity contribution in [3.8, 4) is 5.75 Å². The van der Waals surface area contributed by atoms with E-state index in [9.17, 15) is 9.90 Å². The number of amides is 1. The molecule has 1 N–H and O–H groups in total. The number of hydrogen-bond donors (Lipinski definition) is 1. The Morgan fingerprint density at radius 3 is 2.95 bits per heavy atom. The van der Waals surface area contributed by atoms with Crippen LogP contribution < -0.4 is 4.74 Å². The number of likely N-dealkylation sites (tertiary alicyclic amines) is 1. The Kier molecular flexibility index (Phi) is 5.61. The van der Waals surface area contributed by atoms with E-state index in [1.165, 1.54) is 0 Å². The van der Waals surface area contributed by atoms with Crippen molar-refractivity contribution in [3.05, 3.63) is 42.5 Å². The van der Waals surface area contributed by atoms with Crippen molar-refractivity contribution in [2.75, 3.05) is 26.8 Å². The molecule has 1 heterocycles. The number of methoxy groups -OCH3 is 1. The second-order valence-corrected chi connectivity index (χ2v) is 6.06. The summed E-state index contributed by atoms with van der Waals surface area (Å²) in [6.07, 6.45) is 4.77. The van der Waals surface area contributed by atoms with Crippen molar-refractivity contribution in [1.29, 1.82) is 0 Å². The standard InChI is InChI=1S/C18H25NO3/c1-3-9-18(14-20)10-6-11-19(13-18)17(21)12-15-7-4-5-8-16(15)22-2/h3-5,7-8,20H,1,6,9-14H2,2H3/t18-/m0/s1. The number of carbonyl (C=O) groups excluding carboxylic acids is 1. The Hall–Kier alpha value is -1.81. The first kappa shape index (κ1) is 16.6. The van der Waals surface area contributed by atoms with Crippen molar-refractivity contribution in [1.82, 2.24) is 4.90 Å². The summed E-state index contributed by atoms with van der Waals surface area (Å²) < 4.78 is 5.31. The zero-order valence-electron chi connectivity index (χ0n) is 13.3. The van der Waals surface area contributed by atoms with Crippen LogP contribution in [-0.4, -0.2) is 42.7 Å². The van der Waals surface area contributed by atoms with Crippen molar-refractivity contribution in [3.63, 3.8) is 0 Å². The fourth-order valence-electron chi connectivity index (χ4n) is 3.21. The summed E-state index contributed by atoms with van der Waals surface area (Å²) in [4.78, 5) is 14.5. The van der Waals surface area contributed by atoms with Crippen LogP contribution >= 0.6 is 0 Å². The van der Waals surface area contributed by atoms with Crippen molar-refractivity contribution < 1.29 is 14.6 Å². The molecular weight excluding hydrogens is 278 g/mol. The second kappa shape index (κ2) is 7.45. The lowest BCUT2D eigenvalue weighted by Gasteiger charge is -2.41. The number of allylic oxidation sites excluding steroid dienone is 1. The fraction of sp³-hybridized carbons (Fsp3) is 0.500. The predicted molar refractivity (Wildman–Crippen MR) is 86.8 cm³/mol. The van der Waals surface area contributed by atoms with E-state index < -0.39 is 0 Å². The average Bonchev–Trinajstić information content (AvgIpc) is 2.56. The van der Waals surface area contributed by atoms with Gasteiger partial charge in [0.05, 0.1) is 20.1 Å². The molecule has 0 aliphatic carbocycles. The van der Waals surface area contributed by atoms with Crippen LogP contribution in [0.5, 0.6) is 5.75 Å². The molecule has 0 aromatic heterocycles. The molecule has 0 radical (unpaired) electrons. The van der Waals surface area contributed by atoms with E-state index >= 15 is 0 Å². The largest absolute Gasteiger partial charge is 0.496 e. The zero-order valence-corrected chi connectivity index (χ0v) is 13.3. The third kappa shape index (κ3) is 3.69. The second-order valence-electron chi connectivity index (χ2n) is 6.06. The fourth-order valence-corrected chi connectivity index (χ4v) is 3.21. The number of hydrogen-bond acceptors (Lipinski definition) is 3. The summed E-state index contributed by atoms with van der Waals surface area (Å²) in [6, 6.07) is 7.60. The van der Waals surface area contributed by atoms with E-state index in [0.717, 1.165) is 37.1 Å². The highest BCUT2D eigenvalue weighted by molar-refractivity contribution is 5.79. The quantitative estimate of drug-likeness (QED) is 0.821. The molecule has 0 saturated carbocycles. The lowest BCUT2D eigenvalue weighted by Crippen LogP contribution is -2.48. The lowest BCUT2D eigenvalue weighted by molar-refractivity contribution is -0.134. The highest BCUT2D eigenvalue weighted by atomic mass is 16.5. The molecule has 0 bridgehead atoms. The van der Waals surface area contributed by atoms with Crippen LogP contribution in [0.2, 0.25) is 0 Å². The summed E-state index contributed by atoms with van der Waals surface area (Å²) in [6.45, 7) is 5.23. The summed E-state index contributed by atoms with van der Waals surface area (Å²) in [5, 5.41) is 9.74. The molecule has 1 aromatic rings. The Morgan fingerprint density at radius 2 is 2.27 bits per heavy atom. The molecule has 1 fully saturated rings. The maximum Gasteiger partial charge on any atom is 0.227 e. The molecule has 4 nitrogen and oxygen atoms in total. The summed E-state index contributed by atoms with van der Waals surface area (Å²) >= 11 is 0. The molecule has 22 heavy (non-hydrogen) atoms. The summed E-state index contributed by atoms with van der Waals surface area (Å²) in [5.74, 6) is 0.832. The maximum absolute atomic E-state index is 12.6. The molecule has 1 amide bonds. The number of piperidine rings is 1. The number of aliphatic hydroxyl groups is 1. The van der Waals surface area contributed by atoms with Gasteiger partial charge in [-0.2, -0.15) is 0 Å². The number of ether oxygens (including phenoxy) is 1. The normalized spacial score (nSPS) is 21.5. The molecule has 1 aliphatic heterocycles. The maximum atomic E-state index is 12.6. The van der Waals surface area contributed by atoms with Gasteiger partial charge in [-0.15, -0.1) is 6.58 Å². The van der Waals surface area contributed by atoms with Crippen LogP contribution in [0.1, 0.15) is 24.8 Å². The highest BCUT2D eigenvalue weighted by Gasteiger charge is 2.35. The smallest absolute Gasteiger partial charge is 0.227 e. The number of rotatable bonds is 6. The van der Waals surface area contributed by atoms with E-state index in [1.54, 1.807) is 7.11 Å². The SMILES string of the molecule is C=CC[C@]1(CO)CCCN(C(=O)Cc2ccccc2OC)C1. The Balaban J connectivity index is 2.07. The Bertz CT molecular complexity index is 529. The minimum atomic E-state index is -0.226. The van der Waals surface area contributed by atoms with Gasteiger partial charge in [-0.1, -0.05) is 24.3 Å². The monoisotopic (exact) mass is 303 g/mol. The zero-order chi connectivity index (χ0) is 16.0. The van der Waals surface area contributed by atoms with Crippen molar-refractivity contribution >= 4 is 5.91 Å². The van der Waals surface area contributed by atoms with Crippen LogP contribution in [0, 0.1) is 5.41 Å². The van der Waals surface area contributed by atoms with E-state index in [2.05, 4.69) is 6.58 Å². The minimum absolute atomic E-state index is 0.0890. The Labute approximate surface area is 132 Å².